The molecule has 4 heterocycles. The first-order valence-electron chi connectivity index (χ1n) is 14.9. The first-order chi connectivity index (χ1) is 20.8. The van der Waals surface area contributed by atoms with E-state index in [1.165, 1.54) is 12.1 Å². The Labute approximate surface area is 250 Å². The van der Waals surface area contributed by atoms with E-state index in [0.717, 1.165) is 13.0 Å². The zero-order valence-electron chi connectivity index (χ0n) is 24.8. The minimum Gasteiger partial charge on any atom is -0.477 e. The number of nitrogens with zero attached hydrogens (tertiary/aromatic N) is 4. The number of amides is 2. The second-order valence-corrected chi connectivity index (χ2v) is 10.9. The summed E-state index contributed by atoms with van der Waals surface area (Å²) in [6.45, 7) is 8.65. The molecule has 2 saturated heterocycles. The summed E-state index contributed by atoms with van der Waals surface area (Å²) >= 11 is 0. The zero-order chi connectivity index (χ0) is 30.5. The molecular weight excluding hydrogens is 554 g/mol. The normalized spacial score (nSPS) is 18.7. The summed E-state index contributed by atoms with van der Waals surface area (Å²) in [4.78, 5) is 40.1. The fourth-order valence-electron chi connectivity index (χ4n) is 5.80. The van der Waals surface area contributed by atoms with Gasteiger partial charge in [0.15, 0.2) is 5.69 Å². The summed E-state index contributed by atoms with van der Waals surface area (Å²) < 4.78 is 33.3. The predicted octanol–water partition coefficient (Wildman–Crippen LogP) is 4.62. The standard InChI is InChI=1S/C32H38F2N6O3/c1-4-22-19-39(32(42)23-9-8-20(3)17-25(23)29(33)34)15-16-40(22)27-11-10-26(24-7-6-13-36-31(24)43-5-2)38-28(27)30(41)37-21-12-14-35-18-21/h6-11,13,17,21-22,29,35H,4-5,12,14-16,18-19H2,1-3H3,(H,37,41)/t21-,22-/m1/s1. The third-order valence-electron chi connectivity index (χ3n) is 8.04. The first-order valence-corrected chi connectivity index (χ1v) is 14.9. The molecular formula is C32H38F2N6O3. The van der Waals surface area contributed by atoms with E-state index in [4.69, 9.17) is 9.72 Å². The van der Waals surface area contributed by atoms with E-state index >= 15 is 0 Å². The van der Waals surface area contributed by atoms with Crippen LogP contribution in [0.2, 0.25) is 0 Å². The number of benzene rings is 1. The molecule has 11 heteroatoms. The number of carbonyl (C=O) groups is 2. The average Bonchev–Trinajstić information content (AvgIpc) is 3.53. The third-order valence-corrected chi connectivity index (χ3v) is 8.04. The number of nitrogens with one attached hydrogen (secondary N) is 2. The van der Waals surface area contributed by atoms with Crippen LogP contribution in [0, 0.1) is 6.92 Å². The zero-order valence-corrected chi connectivity index (χ0v) is 24.8. The number of ether oxygens (including phenoxy) is 1. The van der Waals surface area contributed by atoms with Crippen molar-refractivity contribution in [1.82, 2.24) is 25.5 Å². The minimum atomic E-state index is -2.74. The van der Waals surface area contributed by atoms with E-state index in [-0.39, 0.29) is 34.8 Å². The molecule has 5 rings (SSSR count). The van der Waals surface area contributed by atoms with E-state index in [1.807, 2.05) is 32.0 Å². The molecule has 0 unspecified atom stereocenters. The van der Waals surface area contributed by atoms with Crippen molar-refractivity contribution >= 4 is 17.5 Å². The first kappa shape index (κ1) is 30.3. The van der Waals surface area contributed by atoms with Crippen LogP contribution in [-0.2, 0) is 0 Å². The molecule has 9 nitrogen and oxygen atoms in total. The number of pyridine rings is 2. The Hall–Kier alpha value is -4.12. The van der Waals surface area contributed by atoms with Crippen LogP contribution < -0.4 is 20.3 Å². The van der Waals surface area contributed by atoms with E-state index in [0.29, 0.717) is 67.6 Å². The molecule has 2 aromatic heterocycles. The lowest BCUT2D eigenvalue weighted by Crippen LogP contribution is -2.55. The highest BCUT2D eigenvalue weighted by molar-refractivity contribution is 5.99. The van der Waals surface area contributed by atoms with Crippen molar-refractivity contribution in [2.45, 2.75) is 52.1 Å². The molecule has 2 aliphatic heterocycles. The molecule has 0 radical (unpaired) electrons. The Morgan fingerprint density at radius 3 is 2.72 bits per heavy atom. The Bertz CT molecular complexity index is 1460. The van der Waals surface area contributed by atoms with Crippen LogP contribution in [0.15, 0.2) is 48.7 Å². The van der Waals surface area contributed by atoms with Gasteiger partial charge in [-0.1, -0.05) is 18.6 Å². The van der Waals surface area contributed by atoms with Gasteiger partial charge in [0.05, 0.1) is 23.6 Å². The second kappa shape index (κ2) is 13.5. The Morgan fingerprint density at radius 1 is 1.16 bits per heavy atom. The molecule has 3 aromatic rings. The van der Waals surface area contributed by atoms with Gasteiger partial charge in [0.2, 0.25) is 5.88 Å². The van der Waals surface area contributed by atoms with Crippen molar-refractivity contribution < 1.29 is 23.1 Å². The van der Waals surface area contributed by atoms with Gasteiger partial charge in [0, 0.05) is 55.6 Å². The lowest BCUT2D eigenvalue weighted by Gasteiger charge is -2.43. The van der Waals surface area contributed by atoms with E-state index in [9.17, 15) is 18.4 Å². The number of carbonyl (C=O) groups excluding carboxylic acids is 2. The molecule has 0 spiro atoms. The maximum absolute atomic E-state index is 13.8. The van der Waals surface area contributed by atoms with Gasteiger partial charge in [0.1, 0.15) is 0 Å². The third kappa shape index (κ3) is 6.61. The fraction of sp³-hybridized carbons (Fsp3) is 0.438. The summed E-state index contributed by atoms with van der Waals surface area (Å²) in [5.74, 6) is -0.245. The lowest BCUT2D eigenvalue weighted by molar-refractivity contribution is 0.0708. The molecule has 2 N–H and O–H groups in total. The summed E-state index contributed by atoms with van der Waals surface area (Å²) in [5.41, 5.74) is 2.66. The number of aryl methyl sites for hydroxylation is 1. The minimum absolute atomic E-state index is 0.00170. The van der Waals surface area contributed by atoms with Crippen molar-refractivity contribution in [3.8, 4) is 17.1 Å². The highest BCUT2D eigenvalue weighted by atomic mass is 19.3. The van der Waals surface area contributed by atoms with Crippen LogP contribution in [0.25, 0.3) is 11.3 Å². The number of piperazine rings is 1. The molecule has 0 saturated carbocycles. The second-order valence-electron chi connectivity index (χ2n) is 10.9. The van der Waals surface area contributed by atoms with E-state index in [1.54, 1.807) is 30.2 Å². The van der Waals surface area contributed by atoms with Crippen molar-refractivity contribution in [2.24, 2.45) is 0 Å². The van der Waals surface area contributed by atoms with Gasteiger partial charge in [-0.3, -0.25) is 9.59 Å². The van der Waals surface area contributed by atoms with Gasteiger partial charge >= 0.3 is 0 Å². The molecule has 228 valence electrons. The molecule has 2 atom stereocenters. The van der Waals surface area contributed by atoms with Crippen LogP contribution in [0.4, 0.5) is 14.5 Å². The van der Waals surface area contributed by atoms with Crippen LogP contribution in [0.1, 0.15) is 65.1 Å². The average molecular weight is 593 g/mol. The molecule has 2 amide bonds. The SMILES string of the molecule is CCOc1ncccc1-c1ccc(N2CCN(C(=O)c3ccc(C)cc3C(F)F)C[C@H]2CC)c(C(=O)N[C@@H]2CCNC2)n1. The number of rotatable bonds is 9. The molecule has 0 aliphatic carbocycles. The Balaban J connectivity index is 1.46. The van der Waals surface area contributed by atoms with Crippen LogP contribution in [0.3, 0.4) is 0 Å². The van der Waals surface area contributed by atoms with Gasteiger partial charge in [-0.2, -0.15) is 0 Å². The van der Waals surface area contributed by atoms with Gasteiger partial charge in [-0.05, 0) is 69.6 Å². The monoisotopic (exact) mass is 592 g/mol. The summed E-state index contributed by atoms with van der Waals surface area (Å²) in [7, 11) is 0. The lowest BCUT2D eigenvalue weighted by atomic mass is 10.0. The molecule has 0 bridgehead atoms. The van der Waals surface area contributed by atoms with Gasteiger partial charge in [-0.25, -0.2) is 18.7 Å². The van der Waals surface area contributed by atoms with Crippen LogP contribution in [-0.4, -0.2) is 78.1 Å². The number of hydrogen-bond donors (Lipinski definition) is 2. The number of halogens is 2. The summed E-state index contributed by atoms with van der Waals surface area (Å²) in [6, 6.07) is 11.8. The molecule has 1 aromatic carbocycles. The summed E-state index contributed by atoms with van der Waals surface area (Å²) in [5, 5.41) is 6.39. The molecule has 2 aliphatic rings. The van der Waals surface area contributed by atoms with E-state index < -0.39 is 12.3 Å². The molecule has 2 fully saturated rings. The molecule has 43 heavy (non-hydrogen) atoms. The van der Waals surface area contributed by atoms with Crippen LogP contribution in [0.5, 0.6) is 5.88 Å². The maximum Gasteiger partial charge on any atom is 0.272 e. The maximum atomic E-state index is 13.8. The Morgan fingerprint density at radius 2 is 2.00 bits per heavy atom. The number of alkyl halides is 2. The smallest absolute Gasteiger partial charge is 0.272 e. The van der Waals surface area contributed by atoms with E-state index in [2.05, 4.69) is 20.5 Å². The van der Waals surface area contributed by atoms with Crippen LogP contribution >= 0.6 is 0 Å². The van der Waals surface area contributed by atoms with Crippen molar-refractivity contribution in [2.75, 3.05) is 44.2 Å². The van der Waals surface area contributed by atoms with Crippen molar-refractivity contribution in [3.63, 3.8) is 0 Å². The quantitative estimate of drug-likeness (QED) is 0.374. The predicted molar refractivity (Wildman–Crippen MR) is 161 cm³/mol. The summed E-state index contributed by atoms with van der Waals surface area (Å²) in [6.07, 6.45) is 0.407. The van der Waals surface area contributed by atoms with Crippen molar-refractivity contribution in [1.29, 1.82) is 0 Å². The van der Waals surface area contributed by atoms with Crippen molar-refractivity contribution in [3.05, 3.63) is 71.0 Å². The number of anilines is 1. The fourth-order valence-corrected chi connectivity index (χ4v) is 5.80. The highest BCUT2D eigenvalue weighted by Gasteiger charge is 2.34. The number of hydrogen-bond acceptors (Lipinski definition) is 7. The van der Waals surface area contributed by atoms with Gasteiger partial charge in [-0.15, -0.1) is 0 Å². The number of aromatic nitrogens is 2. The van der Waals surface area contributed by atoms with Gasteiger partial charge in [0.25, 0.3) is 18.2 Å². The topological polar surface area (TPSA) is 99.7 Å². The Kier molecular flexibility index (Phi) is 9.49. The van der Waals surface area contributed by atoms with Gasteiger partial charge < -0.3 is 25.2 Å². The largest absolute Gasteiger partial charge is 0.477 e. The highest BCUT2D eigenvalue weighted by Crippen LogP contribution is 2.33.